The second-order valence-corrected chi connectivity index (χ2v) is 4.95. The highest BCUT2D eigenvalue weighted by molar-refractivity contribution is 14.1. The molecule has 1 unspecified atom stereocenters. The van der Waals surface area contributed by atoms with Gasteiger partial charge in [-0.2, -0.15) is 13.2 Å². The molecule has 1 aromatic carbocycles. The van der Waals surface area contributed by atoms with E-state index in [2.05, 4.69) is 5.32 Å². The van der Waals surface area contributed by atoms with Gasteiger partial charge in [0.15, 0.2) is 0 Å². The van der Waals surface area contributed by atoms with Crippen molar-refractivity contribution in [1.82, 2.24) is 0 Å². The van der Waals surface area contributed by atoms with E-state index in [0.29, 0.717) is 9.26 Å². The van der Waals surface area contributed by atoms with E-state index in [0.717, 1.165) is 0 Å². The summed E-state index contributed by atoms with van der Waals surface area (Å²) >= 11 is 1.84. The predicted molar refractivity (Wildman–Crippen MR) is 69.6 cm³/mol. The number of nitrogens with zero attached hydrogens (tertiary/aromatic N) is 1. The highest BCUT2D eigenvalue weighted by atomic mass is 127. The van der Waals surface area contributed by atoms with E-state index < -0.39 is 23.6 Å². The van der Waals surface area contributed by atoms with Crippen molar-refractivity contribution in [3.05, 3.63) is 31.9 Å². The van der Waals surface area contributed by atoms with Crippen molar-refractivity contribution in [2.75, 3.05) is 5.32 Å². The fourth-order valence-electron chi connectivity index (χ4n) is 1.40. The van der Waals surface area contributed by atoms with E-state index in [1.807, 2.05) is 22.6 Å². The molecule has 18 heavy (non-hydrogen) atoms. The van der Waals surface area contributed by atoms with Crippen LogP contribution in [0.3, 0.4) is 0 Å². The first-order valence-corrected chi connectivity index (χ1v) is 6.04. The first kappa shape index (κ1) is 15.0. The Morgan fingerprint density at radius 2 is 2.11 bits per heavy atom. The van der Waals surface area contributed by atoms with E-state index in [1.165, 1.54) is 25.1 Å². The molecule has 0 saturated heterocycles. The molecule has 0 saturated carbocycles. The lowest BCUT2D eigenvalue weighted by Crippen LogP contribution is -2.24. The van der Waals surface area contributed by atoms with Crippen LogP contribution >= 0.6 is 22.6 Å². The molecular weight excluding hydrogens is 364 g/mol. The molecule has 0 bridgehead atoms. The normalized spacial score (nSPS) is 13.2. The number of nitro benzene ring substituents is 1. The molecule has 0 aliphatic rings. The van der Waals surface area contributed by atoms with Gasteiger partial charge < -0.3 is 5.32 Å². The van der Waals surface area contributed by atoms with E-state index in [1.54, 1.807) is 0 Å². The molecule has 0 fully saturated rings. The number of benzene rings is 1. The summed E-state index contributed by atoms with van der Waals surface area (Å²) in [6, 6.07) is 3.18. The molecule has 1 rings (SSSR count). The Hall–Kier alpha value is -1.06. The van der Waals surface area contributed by atoms with Crippen molar-refractivity contribution < 1.29 is 18.1 Å². The van der Waals surface area contributed by atoms with E-state index in [9.17, 15) is 23.3 Å². The third-order valence-corrected chi connectivity index (χ3v) is 3.00. The molecule has 1 atom stereocenters. The van der Waals surface area contributed by atoms with Crippen LogP contribution < -0.4 is 5.32 Å². The molecule has 0 aromatic heterocycles. The minimum atomic E-state index is -4.24. The average Bonchev–Trinajstić information content (AvgIpc) is 2.17. The zero-order chi connectivity index (χ0) is 13.9. The van der Waals surface area contributed by atoms with Crippen LogP contribution in [0.4, 0.5) is 24.5 Å². The molecule has 4 nitrogen and oxygen atoms in total. The van der Waals surface area contributed by atoms with Crippen LogP contribution in [0.1, 0.15) is 13.3 Å². The number of nitrogens with one attached hydrogen (secondary N) is 1. The minimum absolute atomic E-state index is 0.0894. The Morgan fingerprint density at radius 1 is 1.50 bits per heavy atom. The second-order valence-electron chi connectivity index (χ2n) is 3.79. The summed E-state index contributed by atoms with van der Waals surface area (Å²) in [5, 5.41) is 13.2. The van der Waals surface area contributed by atoms with E-state index in [4.69, 9.17) is 0 Å². The summed E-state index contributed by atoms with van der Waals surface area (Å²) in [5.41, 5.74) is 0.367. The van der Waals surface area contributed by atoms with Gasteiger partial charge in [-0.3, -0.25) is 10.1 Å². The monoisotopic (exact) mass is 374 g/mol. The lowest BCUT2D eigenvalue weighted by atomic mass is 10.2. The maximum Gasteiger partial charge on any atom is 0.391 e. The Bertz CT molecular complexity index is 451. The summed E-state index contributed by atoms with van der Waals surface area (Å²) in [7, 11) is 0. The quantitative estimate of drug-likeness (QED) is 0.493. The topological polar surface area (TPSA) is 55.2 Å². The van der Waals surface area contributed by atoms with Gasteiger partial charge in [-0.1, -0.05) is 0 Å². The maximum atomic E-state index is 12.1. The van der Waals surface area contributed by atoms with E-state index >= 15 is 0 Å². The van der Waals surface area contributed by atoms with Gasteiger partial charge in [0.2, 0.25) is 0 Å². The number of rotatable bonds is 4. The molecule has 8 heteroatoms. The van der Waals surface area contributed by atoms with Crippen molar-refractivity contribution in [2.45, 2.75) is 25.6 Å². The maximum absolute atomic E-state index is 12.1. The van der Waals surface area contributed by atoms with Crippen LogP contribution in [0.5, 0.6) is 0 Å². The minimum Gasteiger partial charge on any atom is -0.381 e. The highest BCUT2D eigenvalue weighted by Gasteiger charge is 2.30. The van der Waals surface area contributed by atoms with Crippen LogP contribution in [0.25, 0.3) is 0 Å². The van der Waals surface area contributed by atoms with Gasteiger partial charge in [-0.05, 0) is 35.6 Å². The number of hydrogen-bond acceptors (Lipinski definition) is 3. The third-order valence-electron chi connectivity index (χ3n) is 2.10. The highest BCUT2D eigenvalue weighted by Crippen LogP contribution is 2.27. The number of nitro groups is 1. The summed E-state index contributed by atoms with van der Waals surface area (Å²) in [6.07, 6.45) is -5.20. The van der Waals surface area contributed by atoms with Crippen molar-refractivity contribution in [2.24, 2.45) is 0 Å². The molecule has 0 aliphatic carbocycles. The third kappa shape index (κ3) is 4.67. The number of non-ortho nitro benzene ring substituents is 1. The SMILES string of the molecule is CC(CC(F)(F)F)Nc1ccc([N+](=O)[O-])cc1I. The number of anilines is 1. The van der Waals surface area contributed by atoms with Crippen molar-refractivity contribution in [1.29, 1.82) is 0 Å². The Morgan fingerprint density at radius 3 is 2.56 bits per heavy atom. The van der Waals surface area contributed by atoms with Gasteiger partial charge in [0.05, 0.1) is 11.3 Å². The van der Waals surface area contributed by atoms with Crippen molar-refractivity contribution in [3.8, 4) is 0 Å². The van der Waals surface area contributed by atoms with Crippen molar-refractivity contribution >= 4 is 34.0 Å². The fraction of sp³-hybridized carbons (Fsp3) is 0.400. The van der Waals surface area contributed by atoms with Crippen LogP contribution in [0, 0.1) is 13.7 Å². The lowest BCUT2D eigenvalue weighted by molar-refractivity contribution is -0.384. The van der Waals surface area contributed by atoms with Gasteiger partial charge in [-0.25, -0.2) is 0 Å². The molecule has 0 aliphatic heterocycles. The van der Waals surface area contributed by atoms with Gasteiger partial charge in [0.25, 0.3) is 5.69 Å². The van der Waals surface area contributed by atoms with Crippen LogP contribution in [-0.2, 0) is 0 Å². The second kappa shape index (κ2) is 5.72. The van der Waals surface area contributed by atoms with Gasteiger partial charge in [0.1, 0.15) is 0 Å². The largest absolute Gasteiger partial charge is 0.391 e. The molecule has 100 valence electrons. The number of alkyl halides is 3. The van der Waals surface area contributed by atoms with Crippen molar-refractivity contribution in [3.63, 3.8) is 0 Å². The van der Waals surface area contributed by atoms with Gasteiger partial charge >= 0.3 is 6.18 Å². The average molecular weight is 374 g/mol. The molecule has 0 heterocycles. The van der Waals surface area contributed by atoms with Crippen LogP contribution in [0.15, 0.2) is 18.2 Å². The van der Waals surface area contributed by atoms with Gasteiger partial charge in [-0.15, -0.1) is 0 Å². The summed E-state index contributed by atoms with van der Waals surface area (Å²) < 4.78 is 37.0. The molecule has 0 radical (unpaired) electrons. The van der Waals surface area contributed by atoms with E-state index in [-0.39, 0.29) is 5.69 Å². The Kier molecular flexibility index (Phi) is 4.77. The predicted octanol–water partition coefficient (Wildman–Crippen LogP) is 3.95. The standard InChI is InChI=1S/C10H10F3IN2O2/c1-6(5-10(11,12)13)15-9-3-2-7(16(17)18)4-8(9)14/h2-4,6,15H,5H2,1H3. The molecule has 0 amide bonds. The molecule has 0 spiro atoms. The molecule has 1 aromatic rings. The summed E-state index contributed by atoms with van der Waals surface area (Å²) in [5.74, 6) is 0. The van der Waals surface area contributed by atoms with Crippen LogP contribution in [-0.4, -0.2) is 17.1 Å². The zero-order valence-corrected chi connectivity index (χ0v) is 11.4. The lowest BCUT2D eigenvalue weighted by Gasteiger charge is -2.17. The Balaban J connectivity index is 2.77. The van der Waals surface area contributed by atoms with Crippen LogP contribution in [0.2, 0.25) is 0 Å². The fourth-order valence-corrected chi connectivity index (χ4v) is 2.05. The first-order valence-electron chi connectivity index (χ1n) is 4.96. The summed E-state index contributed by atoms with van der Waals surface area (Å²) in [6.45, 7) is 1.41. The zero-order valence-electron chi connectivity index (χ0n) is 9.29. The van der Waals surface area contributed by atoms with Gasteiger partial charge in [0, 0.05) is 27.4 Å². The Labute approximate surface area is 115 Å². The smallest absolute Gasteiger partial charge is 0.381 e. The number of hydrogen-bond donors (Lipinski definition) is 1. The molecular formula is C10H10F3IN2O2. The molecule has 1 N–H and O–H groups in total. The first-order chi connectivity index (χ1) is 8.19. The summed E-state index contributed by atoms with van der Waals surface area (Å²) in [4.78, 5) is 9.96. The number of halogens is 4.